The van der Waals surface area contributed by atoms with E-state index in [1.807, 2.05) is 4.72 Å². The molecule has 3 heterocycles. The summed E-state index contributed by atoms with van der Waals surface area (Å²) in [5.74, 6) is -0.634. The number of nitrogens with zero attached hydrogens (tertiary/aromatic N) is 1. The average Bonchev–Trinajstić information content (AvgIpc) is 3.03. The molecule has 2 aromatic rings. The molecule has 0 aliphatic carbocycles. The molecule has 0 saturated carbocycles. The maximum absolute atomic E-state index is 11.7. The Labute approximate surface area is 140 Å². The number of nitrogens with one attached hydrogen (secondary N) is 5. The molecule has 25 heavy (non-hydrogen) atoms. The first-order valence-electron chi connectivity index (χ1n) is 7.27. The van der Waals surface area contributed by atoms with Crippen LogP contribution in [0.3, 0.4) is 0 Å². The summed E-state index contributed by atoms with van der Waals surface area (Å²) in [6.07, 6.45) is 1.52. The van der Waals surface area contributed by atoms with Crippen LogP contribution in [0.4, 0.5) is 0 Å². The van der Waals surface area contributed by atoms with Crippen LogP contribution in [0.25, 0.3) is 11.0 Å². The van der Waals surface area contributed by atoms with Crippen molar-refractivity contribution in [1.82, 2.24) is 29.3 Å². The number of carbonyl (C=O) groups excluding carboxylic acids is 1. The van der Waals surface area contributed by atoms with Crippen LogP contribution < -0.4 is 21.3 Å². The number of fused-ring (bicyclic) bond motifs is 1. The van der Waals surface area contributed by atoms with E-state index in [1.54, 1.807) is 0 Å². The minimum Gasteiger partial charge on any atom is -0.395 e. The topological polar surface area (TPSA) is 180 Å². The summed E-state index contributed by atoms with van der Waals surface area (Å²) in [6.45, 7) is -0.646. The normalized spacial score (nSPS) is 18.5. The van der Waals surface area contributed by atoms with E-state index in [0.717, 1.165) is 4.31 Å². The third-order valence-corrected chi connectivity index (χ3v) is 5.23. The second kappa shape index (κ2) is 6.44. The van der Waals surface area contributed by atoms with E-state index in [9.17, 15) is 27.9 Å². The highest BCUT2D eigenvalue weighted by Gasteiger charge is 2.35. The predicted molar refractivity (Wildman–Crippen MR) is 85.9 cm³/mol. The first-order valence-corrected chi connectivity index (χ1v) is 8.71. The summed E-state index contributed by atoms with van der Waals surface area (Å²) < 4.78 is 26.2. The minimum atomic E-state index is -3.88. The van der Waals surface area contributed by atoms with Gasteiger partial charge in [0.2, 0.25) is 5.91 Å². The second-order valence-electron chi connectivity index (χ2n) is 5.56. The molecule has 1 aliphatic heterocycles. The van der Waals surface area contributed by atoms with Crippen molar-refractivity contribution < 1.29 is 18.3 Å². The van der Waals surface area contributed by atoms with Crippen molar-refractivity contribution in [3.63, 3.8) is 0 Å². The van der Waals surface area contributed by atoms with Crippen molar-refractivity contribution in [2.75, 3.05) is 19.7 Å². The molecule has 0 spiro atoms. The number of rotatable bonds is 6. The Morgan fingerprint density at radius 1 is 1.24 bits per heavy atom. The van der Waals surface area contributed by atoms with Crippen molar-refractivity contribution in [3.05, 3.63) is 32.6 Å². The number of aliphatic hydroxyl groups excluding tert-OH is 1. The Morgan fingerprint density at radius 2 is 2.00 bits per heavy atom. The molecule has 0 unspecified atom stereocenters. The van der Waals surface area contributed by atoms with Gasteiger partial charge in [-0.1, -0.05) is 0 Å². The van der Waals surface area contributed by atoms with Crippen LogP contribution in [0, 0.1) is 0 Å². The zero-order chi connectivity index (χ0) is 18.2. The molecule has 1 fully saturated rings. The summed E-state index contributed by atoms with van der Waals surface area (Å²) in [4.78, 5) is 41.6. The lowest BCUT2D eigenvalue weighted by atomic mass is 10.2. The molecule has 1 amide bonds. The largest absolute Gasteiger partial charge is 0.395 e. The molecule has 0 aromatic carbocycles. The zero-order valence-corrected chi connectivity index (χ0v) is 13.6. The van der Waals surface area contributed by atoms with Crippen LogP contribution in [-0.2, 0) is 21.5 Å². The molecule has 3 rings (SSSR count). The lowest BCUT2D eigenvalue weighted by Gasteiger charge is -2.20. The van der Waals surface area contributed by atoms with Crippen molar-refractivity contribution >= 4 is 27.1 Å². The van der Waals surface area contributed by atoms with Gasteiger partial charge >= 0.3 is 15.9 Å². The fourth-order valence-electron chi connectivity index (χ4n) is 2.57. The smallest absolute Gasteiger partial charge is 0.326 e. The van der Waals surface area contributed by atoms with Gasteiger partial charge in [-0.05, 0) is 0 Å². The summed E-state index contributed by atoms with van der Waals surface area (Å²) in [7, 11) is -3.88. The Morgan fingerprint density at radius 3 is 2.64 bits per heavy atom. The van der Waals surface area contributed by atoms with Gasteiger partial charge in [0.15, 0.2) is 0 Å². The van der Waals surface area contributed by atoms with E-state index in [0.29, 0.717) is 11.1 Å². The Hall–Kier alpha value is -2.48. The number of hydrogen-bond acceptors (Lipinski definition) is 7. The highest BCUT2D eigenvalue weighted by Crippen LogP contribution is 2.11. The van der Waals surface area contributed by atoms with Crippen molar-refractivity contribution in [2.24, 2.45) is 0 Å². The summed E-state index contributed by atoms with van der Waals surface area (Å²) in [5.41, 5.74) is -0.117. The summed E-state index contributed by atoms with van der Waals surface area (Å²) >= 11 is 0. The molecular weight excluding hydrogens is 356 g/mol. The monoisotopic (exact) mass is 372 g/mol. The molecule has 0 radical (unpaired) electrons. The average molecular weight is 372 g/mol. The molecule has 1 aliphatic rings. The van der Waals surface area contributed by atoms with Gasteiger partial charge in [-0.2, -0.15) is 12.7 Å². The number of amides is 1. The number of hydrogen-bond donors (Lipinski definition) is 6. The van der Waals surface area contributed by atoms with Crippen molar-refractivity contribution in [1.29, 1.82) is 0 Å². The molecule has 136 valence electrons. The van der Waals surface area contributed by atoms with Crippen LogP contribution in [0.2, 0.25) is 0 Å². The molecule has 2 aromatic heterocycles. The van der Waals surface area contributed by atoms with Crippen molar-refractivity contribution in [2.45, 2.75) is 12.6 Å². The maximum Gasteiger partial charge on any atom is 0.326 e. The van der Waals surface area contributed by atoms with Gasteiger partial charge in [-0.3, -0.25) is 14.6 Å². The van der Waals surface area contributed by atoms with E-state index in [-0.39, 0.29) is 31.8 Å². The Balaban J connectivity index is 1.73. The van der Waals surface area contributed by atoms with Crippen LogP contribution in [0.1, 0.15) is 5.56 Å². The molecule has 0 bridgehead atoms. The van der Waals surface area contributed by atoms with Crippen LogP contribution >= 0.6 is 0 Å². The molecular formula is C12H16N6O6S. The van der Waals surface area contributed by atoms with Crippen LogP contribution in [0.5, 0.6) is 0 Å². The summed E-state index contributed by atoms with van der Waals surface area (Å²) in [6, 6.07) is -0.652. The standard InChI is InChI=1S/C12H16N6O6S/c19-5-7(3-18-4-8(20)17-25(18,23)24)13-1-6-2-14-10-9(6)15-12(22)16-11(10)21/h2,7,13-14,19H,1,3-5H2,(H,17,20)(H2,15,16,21,22)/t7-/m0/s1. The van der Waals surface area contributed by atoms with E-state index in [2.05, 4.69) is 20.3 Å². The Kier molecular flexibility index (Phi) is 4.47. The Bertz CT molecular complexity index is 1020. The highest BCUT2D eigenvalue weighted by molar-refractivity contribution is 7.88. The third kappa shape index (κ3) is 3.48. The van der Waals surface area contributed by atoms with Gasteiger partial charge in [0.1, 0.15) is 5.52 Å². The van der Waals surface area contributed by atoms with E-state index >= 15 is 0 Å². The second-order valence-corrected chi connectivity index (χ2v) is 7.23. The number of aromatic amines is 3. The third-order valence-electron chi connectivity index (χ3n) is 3.78. The molecule has 1 saturated heterocycles. The van der Waals surface area contributed by atoms with Gasteiger partial charge in [-0.25, -0.2) is 9.52 Å². The first-order chi connectivity index (χ1) is 11.8. The minimum absolute atomic E-state index is 0.114. The van der Waals surface area contributed by atoms with Crippen LogP contribution in [-0.4, -0.2) is 64.4 Å². The zero-order valence-electron chi connectivity index (χ0n) is 12.8. The lowest BCUT2D eigenvalue weighted by Crippen LogP contribution is -2.44. The quantitative estimate of drug-likeness (QED) is 0.307. The van der Waals surface area contributed by atoms with Gasteiger partial charge in [0, 0.05) is 30.9 Å². The molecule has 1 atom stereocenters. The van der Waals surface area contributed by atoms with E-state index < -0.39 is 33.4 Å². The fraction of sp³-hybridized carbons (Fsp3) is 0.417. The number of H-pyrrole nitrogens is 3. The fourth-order valence-corrected chi connectivity index (χ4v) is 3.72. The summed E-state index contributed by atoms with van der Waals surface area (Å²) in [5, 5.41) is 12.4. The van der Waals surface area contributed by atoms with Crippen LogP contribution in [0.15, 0.2) is 15.8 Å². The molecule has 12 nitrogen and oxygen atoms in total. The van der Waals surface area contributed by atoms with E-state index in [1.165, 1.54) is 6.20 Å². The predicted octanol–water partition coefficient (Wildman–Crippen LogP) is -3.33. The number of aliphatic hydroxyl groups is 1. The number of carbonyl (C=O) groups is 1. The molecule has 13 heteroatoms. The van der Waals surface area contributed by atoms with Crippen molar-refractivity contribution in [3.8, 4) is 0 Å². The van der Waals surface area contributed by atoms with Gasteiger partial charge in [0.05, 0.1) is 18.7 Å². The van der Waals surface area contributed by atoms with Gasteiger partial charge < -0.3 is 20.4 Å². The lowest BCUT2D eigenvalue weighted by molar-refractivity contribution is -0.118. The molecule has 6 N–H and O–H groups in total. The van der Waals surface area contributed by atoms with Gasteiger partial charge in [-0.15, -0.1) is 0 Å². The highest BCUT2D eigenvalue weighted by atomic mass is 32.2. The first kappa shape index (κ1) is 17.3. The SMILES string of the molecule is O=C1CN(C[C@@H](CO)NCc2c[nH]c3c(=O)[nH]c(=O)[nH]c23)S(=O)(=O)N1. The van der Waals surface area contributed by atoms with E-state index in [4.69, 9.17) is 0 Å². The number of aromatic nitrogens is 3. The maximum atomic E-state index is 11.7. The van der Waals surface area contributed by atoms with Gasteiger partial charge in [0.25, 0.3) is 5.56 Å².